The minimum Gasteiger partial charge on any atom is -0.370 e. The van der Waals surface area contributed by atoms with Crippen molar-refractivity contribution in [3.8, 4) is 0 Å². The number of nitrogens with two attached hydrogens (primary N) is 4. The van der Waals surface area contributed by atoms with E-state index in [2.05, 4.69) is 51.9 Å². The van der Waals surface area contributed by atoms with E-state index in [1.54, 1.807) is 50.9 Å². The molecule has 2 heterocycles. The molecule has 550 valence electrons. The van der Waals surface area contributed by atoms with E-state index >= 15 is 0 Å². The van der Waals surface area contributed by atoms with Crippen molar-refractivity contribution in [2.45, 2.75) is 181 Å². The molecule has 7 rings (SSSR count). The predicted octanol–water partition coefficient (Wildman–Crippen LogP) is 2.74. The third-order valence-electron chi connectivity index (χ3n) is 18.0. The number of aliphatic imine (C=N–C) groups is 1. The highest BCUT2D eigenvalue weighted by atomic mass is 32.2. The Kier molecular flexibility index (Phi) is 30.6. The van der Waals surface area contributed by atoms with Crippen molar-refractivity contribution in [2.75, 3.05) is 25.4 Å². The molecule has 17 N–H and O–H groups in total. The van der Waals surface area contributed by atoms with Crippen molar-refractivity contribution in [1.29, 1.82) is 0 Å². The Labute approximate surface area is 602 Å². The normalized spacial score (nSPS) is 16.5. The third-order valence-corrected chi connectivity index (χ3v) is 22.1. The fraction of sp³-hybridized carbons (Fsp3) is 0.465. The fourth-order valence-corrected chi connectivity index (χ4v) is 15.6. The van der Waals surface area contributed by atoms with Crippen LogP contribution < -0.4 is 64.9 Å². The Morgan fingerprint density at radius 3 is 1.93 bits per heavy atom. The van der Waals surface area contributed by atoms with Crippen LogP contribution >= 0.6 is 23.5 Å². The van der Waals surface area contributed by atoms with E-state index in [0.717, 1.165) is 65.3 Å². The first-order chi connectivity index (χ1) is 48.7. The van der Waals surface area contributed by atoms with E-state index in [-0.39, 0.29) is 61.7 Å². The van der Waals surface area contributed by atoms with E-state index in [4.69, 9.17) is 22.9 Å². The van der Waals surface area contributed by atoms with Crippen molar-refractivity contribution in [3.05, 3.63) is 138 Å². The summed E-state index contributed by atoms with van der Waals surface area (Å²) in [5, 5.41) is 19.6. The second kappa shape index (κ2) is 39.1. The number of carbonyl (C=O) groups excluding carboxylic acids is 11. The lowest BCUT2D eigenvalue weighted by molar-refractivity contribution is -0.142. The molecule has 2 fully saturated rings. The molecule has 5 aromatic rings. The molecule has 1 aliphatic carbocycles. The number of hydrogen-bond donors (Lipinski definition) is 13. The van der Waals surface area contributed by atoms with Gasteiger partial charge in [-0.2, -0.15) is 11.8 Å². The minimum absolute atomic E-state index is 0.00723. The molecule has 4 aromatic carbocycles. The number of benzene rings is 4. The summed E-state index contributed by atoms with van der Waals surface area (Å²) in [4.78, 5) is 162. The lowest BCUT2D eigenvalue weighted by Crippen LogP contribution is -2.61. The summed E-state index contributed by atoms with van der Waals surface area (Å²) in [7, 11) is -4.09. The number of carbonyl (C=O) groups is 11. The number of likely N-dealkylation sites (tertiary alicyclic amines) is 1. The average Bonchev–Trinajstić information content (AvgIpc) is 1.55. The summed E-state index contributed by atoms with van der Waals surface area (Å²) in [6.07, 6.45) is 5.45. The Morgan fingerprint density at radius 2 is 1.27 bits per heavy atom. The molecule has 1 saturated carbocycles. The topological polar surface area (TPSA) is 454 Å². The Hall–Kier alpha value is -9.49. The number of thioether (sulfide) groups is 2. The Balaban J connectivity index is 1.07. The average molecular weight is 1460 g/mol. The van der Waals surface area contributed by atoms with Crippen LogP contribution in [0.3, 0.4) is 0 Å². The van der Waals surface area contributed by atoms with Crippen LogP contribution in [0.2, 0.25) is 0 Å². The van der Waals surface area contributed by atoms with Crippen molar-refractivity contribution >= 4 is 115 Å². The zero-order valence-corrected chi connectivity index (χ0v) is 60.1. The second-order valence-corrected chi connectivity index (χ2v) is 30.0. The molecule has 1 saturated heterocycles. The maximum absolute atomic E-state index is 15.0. The van der Waals surface area contributed by atoms with E-state index < -0.39 is 154 Å². The number of primary amides is 3. The maximum Gasteiger partial charge on any atom is 0.264 e. The first-order valence-electron chi connectivity index (χ1n) is 34.2. The molecule has 0 radical (unpaired) electrons. The summed E-state index contributed by atoms with van der Waals surface area (Å²) >= 11 is 2.98. The van der Waals surface area contributed by atoms with Gasteiger partial charge in [0.25, 0.3) is 10.0 Å². The number of aromatic amines is 1. The van der Waals surface area contributed by atoms with Crippen LogP contribution in [-0.4, -0.2) is 162 Å². The largest absolute Gasteiger partial charge is 0.370 e. The van der Waals surface area contributed by atoms with Gasteiger partial charge >= 0.3 is 0 Å². The number of hydrogen-bond acceptors (Lipinski definition) is 16. The molecule has 2 aliphatic rings. The summed E-state index contributed by atoms with van der Waals surface area (Å²) in [6.45, 7) is 4.59. The van der Waals surface area contributed by atoms with Gasteiger partial charge in [0.1, 0.15) is 42.3 Å². The van der Waals surface area contributed by atoms with Crippen molar-refractivity contribution in [2.24, 2.45) is 33.8 Å². The number of nitrogens with one attached hydrogen (secondary N) is 9. The number of H-pyrrole nitrogens is 1. The highest BCUT2D eigenvalue weighted by Crippen LogP contribution is 2.44. The minimum atomic E-state index is -4.09. The van der Waals surface area contributed by atoms with Crippen LogP contribution in [0.1, 0.15) is 126 Å². The molecule has 102 heavy (non-hydrogen) atoms. The fourth-order valence-electron chi connectivity index (χ4n) is 12.2. The van der Waals surface area contributed by atoms with Gasteiger partial charge in [-0.25, -0.2) is 13.1 Å². The van der Waals surface area contributed by atoms with Crippen LogP contribution in [0.15, 0.2) is 125 Å². The van der Waals surface area contributed by atoms with E-state index in [1.165, 1.54) is 28.8 Å². The molecule has 1 aliphatic heterocycles. The SMILES string of the molecule is CC[C@H](C)[C@H](NC(=O)[C@@H](Cc1c[nH]c2ccccc12)NC(=O)CC1(SCc2ccccc2)CCCCC1)C(=O)N[C@@H](CCC(N)=O)C(=O)N[C@@H](CC(N)=O)C(=O)N[C@@H](CSCc1ccccc1)C(=O)N1CCC[C@H]1C(=O)N[C@@H](CCCN=C(N)NS(=O)(=O)c1ccc(C)cc1)C(=O)NCC(N)=O. The van der Waals surface area contributed by atoms with Gasteiger partial charge in [-0.15, -0.1) is 11.8 Å². The van der Waals surface area contributed by atoms with Gasteiger partial charge in [0, 0.05) is 71.5 Å². The lowest BCUT2D eigenvalue weighted by atomic mass is 9.85. The molecule has 28 nitrogen and oxygen atoms in total. The predicted molar refractivity (Wildman–Crippen MR) is 390 cm³/mol. The Bertz CT molecular complexity index is 3880. The van der Waals surface area contributed by atoms with Gasteiger partial charge in [0.05, 0.1) is 17.9 Å². The molecular weight excluding hydrogens is 1370 g/mol. The van der Waals surface area contributed by atoms with Crippen LogP contribution in [0.25, 0.3) is 10.9 Å². The van der Waals surface area contributed by atoms with E-state index in [9.17, 15) is 61.2 Å². The van der Waals surface area contributed by atoms with Crippen molar-refractivity contribution < 1.29 is 61.2 Å². The lowest BCUT2D eigenvalue weighted by Gasteiger charge is -2.37. The smallest absolute Gasteiger partial charge is 0.264 e. The van der Waals surface area contributed by atoms with Gasteiger partial charge in [0.15, 0.2) is 0 Å². The second-order valence-electron chi connectivity index (χ2n) is 25.9. The highest BCUT2D eigenvalue weighted by Gasteiger charge is 2.42. The zero-order chi connectivity index (χ0) is 73.9. The standard InChI is InChI=1S/C71H95N15O13S3/c1-4-45(3)62(84-66(94)54(36-48-39-77-51-23-13-12-22-50(48)51)79-61(90)38-71(32-14-7-15-33-71)101-42-47-20-10-6-11-21-47)68(96)81-53(30-31-58(72)87)64(92)82-55(37-59(73)88)65(93)83-56(43-100-41-46-18-8-5-9-19-46)69(97)86-35-17-25-57(86)67(95)80-52(63(91)78-40-60(74)89)24-16-34-76-70(75)85-102(98,99)49-28-26-44(2)27-29-49/h5-6,8-13,18-23,26-29,39,45,52-57,62,77H,4,7,14-17,24-25,30-38,40-43H2,1-3H3,(H2,72,87)(H2,73,88)(H2,74,89)(H,78,91)(H,79,90)(H,80,95)(H,81,96)(H,82,92)(H,83,93)(H,84,94)(H3,75,76,85)/t45-,52-,53-,54+,55-,56-,57-,62-/m0/s1. The van der Waals surface area contributed by atoms with Crippen molar-refractivity contribution in [3.63, 3.8) is 0 Å². The number of nitrogens with zero attached hydrogens (tertiary/aromatic N) is 2. The zero-order valence-electron chi connectivity index (χ0n) is 57.7. The quantitative estimate of drug-likeness (QED) is 0.0153. The molecular formula is C71H95N15O13S3. The maximum atomic E-state index is 15.0. The summed E-state index contributed by atoms with van der Waals surface area (Å²) in [5.74, 6) is -9.31. The van der Waals surface area contributed by atoms with Crippen molar-refractivity contribution in [1.82, 2.24) is 51.8 Å². The number of guanidine groups is 1. The van der Waals surface area contributed by atoms with Crippen LogP contribution in [0.5, 0.6) is 0 Å². The van der Waals surface area contributed by atoms with Gasteiger partial charge in [-0.1, -0.05) is 136 Å². The van der Waals surface area contributed by atoms with Gasteiger partial charge < -0.3 is 70.0 Å². The van der Waals surface area contributed by atoms with Gasteiger partial charge in [-0.05, 0) is 92.7 Å². The first-order valence-corrected chi connectivity index (χ1v) is 37.8. The molecule has 8 atom stereocenters. The number of sulfonamides is 1. The first kappa shape index (κ1) is 79.8. The molecule has 11 amide bonds. The molecule has 31 heteroatoms. The van der Waals surface area contributed by atoms with Crippen LogP contribution in [0, 0.1) is 12.8 Å². The van der Waals surface area contributed by atoms with E-state index in [0.29, 0.717) is 24.3 Å². The number of fused-ring (bicyclic) bond motifs is 1. The molecule has 0 bridgehead atoms. The third kappa shape index (κ3) is 24.7. The monoisotopic (exact) mass is 1460 g/mol. The summed E-state index contributed by atoms with van der Waals surface area (Å²) < 4.78 is 27.6. The van der Waals surface area contributed by atoms with Gasteiger partial charge in [-0.3, -0.25) is 57.7 Å². The molecule has 0 unspecified atom stereocenters. The Morgan fingerprint density at radius 1 is 0.657 bits per heavy atom. The molecule has 0 spiro atoms. The molecule has 1 aromatic heterocycles. The number of rotatable bonds is 39. The number of aryl methyl sites for hydroxylation is 1. The highest BCUT2D eigenvalue weighted by molar-refractivity contribution is 8.00. The summed E-state index contributed by atoms with van der Waals surface area (Å²) in [5.41, 5.74) is 26.9. The number of amides is 11. The number of para-hydroxylation sites is 1. The van der Waals surface area contributed by atoms with Crippen LogP contribution in [-0.2, 0) is 80.7 Å². The van der Waals surface area contributed by atoms with E-state index in [1.807, 2.05) is 84.9 Å². The van der Waals surface area contributed by atoms with Gasteiger partial charge in [0.2, 0.25) is 70.9 Å². The number of aromatic nitrogens is 1. The summed E-state index contributed by atoms with van der Waals surface area (Å²) in [6, 6.07) is 22.7. The van der Waals surface area contributed by atoms with Crippen LogP contribution in [0.4, 0.5) is 0 Å².